The summed E-state index contributed by atoms with van der Waals surface area (Å²) in [5.74, 6) is 0.440. The number of benzene rings is 1. The maximum absolute atomic E-state index is 10.5. The van der Waals surface area contributed by atoms with Gasteiger partial charge in [0.15, 0.2) is 0 Å². The van der Waals surface area contributed by atoms with Crippen LogP contribution in [-0.2, 0) is 10.1 Å². The third kappa shape index (κ3) is 4.43. The van der Waals surface area contributed by atoms with E-state index < -0.39 is 10.1 Å². The van der Waals surface area contributed by atoms with Crippen molar-refractivity contribution < 1.29 is 13.0 Å². The van der Waals surface area contributed by atoms with Crippen molar-refractivity contribution in [1.82, 2.24) is 0 Å². The van der Waals surface area contributed by atoms with Gasteiger partial charge in [0.1, 0.15) is 0 Å². The number of nitriles is 1. The van der Waals surface area contributed by atoms with Crippen molar-refractivity contribution in [3.8, 4) is 6.07 Å². The standard InChI is InChI=1S/C7H8O3S.C4H5N/c1-6-2-4-7(5-3-6)11(8,9)10;5-3-4-1-2-4/h2-5H,1H3,(H,8,9,10);4H,1-2H2. The van der Waals surface area contributed by atoms with Gasteiger partial charge in [-0.05, 0) is 31.9 Å². The number of hydrogen-bond acceptors (Lipinski definition) is 3. The number of aryl methyl sites for hydroxylation is 1. The number of rotatable bonds is 1. The molecule has 0 heterocycles. The smallest absolute Gasteiger partial charge is 0.282 e. The first-order valence-electron chi connectivity index (χ1n) is 4.87. The normalized spacial score (nSPS) is 14.6. The lowest BCUT2D eigenvalue weighted by Crippen LogP contribution is -1.96. The summed E-state index contributed by atoms with van der Waals surface area (Å²) in [5, 5.41) is 7.96. The molecule has 0 bridgehead atoms. The highest BCUT2D eigenvalue weighted by Crippen LogP contribution is 2.26. The van der Waals surface area contributed by atoms with Crippen LogP contribution < -0.4 is 0 Å². The quantitative estimate of drug-likeness (QED) is 0.762. The SMILES string of the molecule is Cc1ccc(S(=O)(=O)O)cc1.N#CC1CC1. The first kappa shape index (κ1) is 12.7. The van der Waals surface area contributed by atoms with Crippen LogP contribution in [0.15, 0.2) is 29.2 Å². The molecule has 2 rings (SSSR count). The molecule has 86 valence electrons. The zero-order valence-corrected chi connectivity index (χ0v) is 9.74. The summed E-state index contributed by atoms with van der Waals surface area (Å²) >= 11 is 0. The lowest BCUT2D eigenvalue weighted by Gasteiger charge is -1.95. The molecule has 0 aromatic heterocycles. The number of hydrogen-bond donors (Lipinski definition) is 1. The summed E-state index contributed by atoms with van der Waals surface area (Å²) in [6, 6.07) is 8.13. The predicted molar refractivity (Wildman–Crippen MR) is 59.3 cm³/mol. The Bertz CT molecular complexity index is 481. The maximum Gasteiger partial charge on any atom is 0.294 e. The van der Waals surface area contributed by atoms with E-state index in [1.807, 2.05) is 6.92 Å². The molecule has 5 heteroatoms. The van der Waals surface area contributed by atoms with Crippen molar-refractivity contribution in [3.05, 3.63) is 29.8 Å². The van der Waals surface area contributed by atoms with Crippen LogP contribution in [-0.4, -0.2) is 13.0 Å². The molecule has 1 aromatic carbocycles. The fraction of sp³-hybridized carbons (Fsp3) is 0.364. The van der Waals surface area contributed by atoms with Gasteiger partial charge < -0.3 is 0 Å². The van der Waals surface area contributed by atoms with Crippen LogP contribution in [0.5, 0.6) is 0 Å². The van der Waals surface area contributed by atoms with Gasteiger partial charge in [0.25, 0.3) is 10.1 Å². The van der Waals surface area contributed by atoms with Crippen LogP contribution in [0, 0.1) is 24.2 Å². The molecular formula is C11H13NO3S. The predicted octanol–water partition coefficient (Wildman–Crippen LogP) is 2.16. The molecule has 1 N–H and O–H groups in total. The average molecular weight is 239 g/mol. The van der Waals surface area contributed by atoms with E-state index in [0.29, 0.717) is 5.92 Å². The largest absolute Gasteiger partial charge is 0.294 e. The van der Waals surface area contributed by atoms with Gasteiger partial charge in [-0.25, -0.2) is 0 Å². The average Bonchev–Trinajstić information content (AvgIpc) is 3.01. The second kappa shape index (κ2) is 5.10. The Labute approximate surface area is 95.3 Å². The molecule has 0 unspecified atom stereocenters. The molecule has 0 radical (unpaired) electrons. The molecule has 0 aliphatic heterocycles. The summed E-state index contributed by atoms with van der Waals surface area (Å²) in [7, 11) is -4.02. The summed E-state index contributed by atoms with van der Waals surface area (Å²) in [6.07, 6.45) is 2.30. The van der Waals surface area contributed by atoms with E-state index >= 15 is 0 Å². The van der Waals surface area contributed by atoms with Crippen molar-refractivity contribution in [3.63, 3.8) is 0 Å². The molecule has 1 aromatic rings. The van der Waals surface area contributed by atoms with Crippen LogP contribution in [0.3, 0.4) is 0 Å². The van der Waals surface area contributed by atoms with Crippen molar-refractivity contribution in [2.24, 2.45) is 5.92 Å². The van der Waals surface area contributed by atoms with E-state index in [1.54, 1.807) is 12.1 Å². The Morgan fingerprint density at radius 1 is 1.31 bits per heavy atom. The second-order valence-electron chi connectivity index (χ2n) is 3.69. The van der Waals surface area contributed by atoms with Gasteiger partial charge in [-0.2, -0.15) is 13.7 Å². The van der Waals surface area contributed by atoms with Crippen molar-refractivity contribution in [2.45, 2.75) is 24.7 Å². The molecule has 1 aliphatic rings. The minimum absolute atomic E-state index is 0.0666. The van der Waals surface area contributed by atoms with E-state index in [9.17, 15) is 8.42 Å². The van der Waals surface area contributed by atoms with Gasteiger partial charge in [0, 0.05) is 5.92 Å². The Morgan fingerprint density at radius 3 is 2.06 bits per heavy atom. The second-order valence-corrected chi connectivity index (χ2v) is 5.11. The highest BCUT2D eigenvalue weighted by molar-refractivity contribution is 7.85. The molecule has 4 nitrogen and oxygen atoms in total. The molecular weight excluding hydrogens is 226 g/mol. The van der Waals surface area contributed by atoms with Gasteiger partial charge in [0.2, 0.25) is 0 Å². The van der Waals surface area contributed by atoms with Gasteiger partial charge in [-0.3, -0.25) is 4.55 Å². The van der Waals surface area contributed by atoms with Gasteiger partial charge in [-0.15, -0.1) is 0 Å². The van der Waals surface area contributed by atoms with E-state index in [2.05, 4.69) is 6.07 Å². The first-order valence-corrected chi connectivity index (χ1v) is 6.31. The van der Waals surface area contributed by atoms with E-state index in [-0.39, 0.29) is 4.90 Å². The van der Waals surface area contributed by atoms with E-state index in [4.69, 9.17) is 9.81 Å². The highest BCUT2D eigenvalue weighted by Gasteiger charge is 2.19. The van der Waals surface area contributed by atoms with Gasteiger partial charge in [0.05, 0.1) is 11.0 Å². The van der Waals surface area contributed by atoms with Crippen LogP contribution in [0.1, 0.15) is 18.4 Å². The summed E-state index contributed by atoms with van der Waals surface area (Å²) in [5.41, 5.74) is 0.956. The minimum Gasteiger partial charge on any atom is -0.282 e. The Kier molecular flexibility index (Phi) is 4.05. The van der Waals surface area contributed by atoms with Crippen LogP contribution in [0.25, 0.3) is 0 Å². The van der Waals surface area contributed by atoms with Crippen molar-refractivity contribution in [1.29, 1.82) is 5.26 Å². The third-order valence-corrected chi connectivity index (χ3v) is 2.95. The lowest BCUT2D eigenvalue weighted by molar-refractivity contribution is 0.483. The molecule has 1 saturated carbocycles. The highest BCUT2D eigenvalue weighted by atomic mass is 32.2. The lowest BCUT2D eigenvalue weighted by atomic mass is 10.2. The topological polar surface area (TPSA) is 78.2 Å². The zero-order valence-electron chi connectivity index (χ0n) is 8.92. The summed E-state index contributed by atoms with van der Waals surface area (Å²) < 4.78 is 29.6. The summed E-state index contributed by atoms with van der Waals surface area (Å²) in [6.45, 7) is 1.84. The third-order valence-electron chi connectivity index (χ3n) is 2.08. The maximum atomic E-state index is 10.5. The molecule has 0 spiro atoms. The fourth-order valence-electron chi connectivity index (χ4n) is 0.923. The van der Waals surface area contributed by atoms with E-state index in [0.717, 1.165) is 18.4 Å². The summed E-state index contributed by atoms with van der Waals surface area (Å²) in [4.78, 5) is -0.0666. The van der Waals surface area contributed by atoms with Crippen LogP contribution in [0.4, 0.5) is 0 Å². The van der Waals surface area contributed by atoms with Crippen molar-refractivity contribution in [2.75, 3.05) is 0 Å². The molecule has 0 saturated heterocycles. The van der Waals surface area contributed by atoms with Crippen LogP contribution >= 0.6 is 0 Å². The molecule has 16 heavy (non-hydrogen) atoms. The Morgan fingerprint density at radius 2 is 1.81 bits per heavy atom. The number of nitrogens with zero attached hydrogens (tertiary/aromatic N) is 1. The fourth-order valence-corrected chi connectivity index (χ4v) is 1.40. The molecule has 0 atom stereocenters. The van der Waals surface area contributed by atoms with Gasteiger partial charge >= 0.3 is 0 Å². The van der Waals surface area contributed by atoms with E-state index in [1.165, 1.54) is 12.1 Å². The van der Waals surface area contributed by atoms with Crippen LogP contribution in [0.2, 0.25) is 0 Å². The van der Waals surface area contributed by atoms with Crippen molar-refractivity contribution >= 4 is 10.1 Å². The van der Waals surface area contributed by atoms with Gasteiger partial charge in [-0.1, -0.05) is 17.7 Å². The monoisotopic (exact) mass is 239 g/mol. The molecule has 1 aliphatic carbocycles. The molecule has 0 amide bonds. The Hall–Kier alpha value is -1.38. The zero-order chi connectivity index (χ0) is 12.2. The molecule has 1 fully saturated rings. The first-order chi connectivity index (χ1) is 7.43. The Balaban J connectivity index is 0.000000212. The minimum atomic E-state index is -4.02.